The maximum absolute atomic E-state index is 13.3. The summed E-state index contributed by atoms with van der Waals surface area (Å²) in [5.41, 5.74) is 3.45. The van der Waals surface area contributed by atoms with Crippen molar-refractivity contribution < 1.29 is 4.39 Å². The highest BCUT2D eigenvalue weighted by molar-refractivity contribution is 6.31. The molecule has 16 heavy (non-hydrogen) atoms. The normalized spacial score (nSPS) is 14.8. The fourth-order valence-electron chi connectivity index (χ4n) is 1.94. The van der Waals surface area contributed by atoms with Crippen molar-refractivity contribution >= 4 is 11.6 Å². The van der Waals surface area contributed by atoms with Gasteiger partial charge >= 0.3 is 0 Å². The number of hydrogen-bond donors (Lipinski definition) is 2. The quantitative estimate of drug-likeness (QED) is 0.615. The Kier molecular flexibility index (Phi) is 5.19. The Morgan fingerprint density at radius 1 is 1.50 bits per heavy atom. The summed E-state index contributed by atoms with van der Waals surface area (Å²) < 4.78 is 13.3. The Hall–Kier alpha value is -0.640. The van der Waals surface area contributed by atoms with Crippen LogP contribution in [0, 0.1) is 11.7 Å². The molecule has 0 heterocycles. The van der Waals surface area contributed by atoms with Crippen LogP contribution in [0.15, 0.2) is 18.2 Å². The lowest BCUT2D eigenvalue weighted by atomic mass is 9.91. The third-order valence-corrected chi connectivity index (χ3v) is 3.21. The molecule has 0 fully saturated rings. The van der Waals surface area contributed by atoms with Gasteiger partial charge in [-0.1, -0.05) is 44.0 Å². The molecule has 0 saturated heterocycles. The van der Waals surface area contributed by atoms with Gasteiger partial charge in [-0.05, 0) is 24.0 Å². The van der Waals surface area contributed by atoms with E-state index < -0.39 is 5.82 Å². The fraction of sp³-hybridized carbons (Fsp3) is 0.500. The van der Waals surface area contributed by atoms with Crippen LogP contribution >= 0.6 is 11.6 Å². The van der Waals surface area contributed by atoms with E-state index in [4.69, 9.17) is 17.4 Å². The van der Waals surface area contributed by atoms with Crippen LogP contribution in [0.3, 0.4) is 0 Å². The minimum atomic E-state index is -0.400. The van der Waals surface area contributed by atoms with Crippen LogP contribution in [0.2, 0.25) is 5.02 Å². The maximum atomic E-state index is 13.3. The summed E-state index contributed by atoms with van der Waals surface area (Å²) in [7, 11) is 0. The van der Waals surface area contributed by atoms with Crippen LogP contribution < -0.4 is 11.3 Å². The van der Waals surface area contributed by atoms with Crippen LogP contribution in [0.25, 0.3) is 0 Å². The zero-order chi connectivity index (χ0) is 12.1. The minimum absolute atomic E-state index is 0.108. The smallest absolute Gasteiger partial charge is 0.142 e. The molecule has 0 saturated carbocycles. The predicted octanol–water partition coefficient (Wildman–Crippen LogP) is 3.42. The molecule has 1 rings (SSSR count). The largest absolute Gasteiger partial charge is 0.271 e. The third kappa shape index (κ3) is 2.94. The number of nitrogens with two attached hydrogens (primary N) is 1. The Bertz CT molecular complexity index is 344. The topological polar surface area (TPSA) is 38.0 Å². The van der Waals surface area contributed by atoms with Crippen molar-refractivity contribution in [2.45, 2.75) is 32.7 Å². The number of halogens is 2. The molecule has 2 nitrogen and oxygen atoms in total. The minimum Gasteiger partial charge on any atom is -0.271 e. The number of benzene rings is 1. The SMILES string of the molecule is CCCC(C)C(NN)c1cccc(F)c1Cl. The summed E-state index contributed by atoms with van der Waals surface area (Å²) in [4.78, 5) is 0. The molecule has 1 aromatic carbocycles. The molecule has 0 radical (unpaired) electrons. The second-order valence-corrected chi connectivity index (χ2v) is 4.43. The molecule has 0 aliphatic carbocycles. The molecule has 0 spiro atoms. The zero-order valence-corrected chi connectivity index (χ0v) is 10.4. The lowest BCUT2D eigenvalue weighted by molar-refractivity contribution is 0.367. The van der Waals surface area contributed by atoms with E-state index in [1.54, 1.807) is 6.07 Å². The average molecular weight is 245 g/mol. The monoisotopic (exact) mass is 244 g/mol. The molecule has 0 amide bonds. The summed E-state index contributed by atoms with van der Waals surface area (Å²) in [6, 6.07) is 4.70. The van der Waals surface area contributed by atoms with Crippen LogP contribution in [-0.4, -0.2) is 0 Å². The van der Waals surface area contributed by atoms with Crippen molar-refractivity contribution in [3.8, 4) is 0 Å². The van der Waals surface area contributed by atoms with Gasteiger partial charge in [0, 0.05) is 0 Å². The van der Waals surface area contributed by atoms with Gasteiger partial charge in [-0.3, -0.25) is 11.3 Å². The van der Waals surface area contributed by atoms with E-state index in [2.05, 4.69) is 19.3 Å². The van der Waals surface area contributed by atoms with Gasteiger partial charge < -0.3 is 0 Å². The van der Waals surface area contributed by atoms with Crippen molar-refractivity contribution in [3.05, 3.63) is 34.6 Å². The number of hydrazine groups is 1. The van der Waals surface area contributed by atoms with Crippen LogP contribution in [0.5, 0.6) is 0 Å². The van der Waals surface area contributed by atoms with E-state index in [9.17, 15) is 4.39 Å². The van der Waals surface area contributed by atoms with Crippen molar-refractivity contribution in [2.75, 3.05) is 0 Å². The second kappa shape index (κ2) is 6.18. The summed E-state index contributed by atoms with van der Waals surface area (Å²) in [5, 5.41) is 0.161. The highest BCUT2D eigenvalue weighted by Crippen LogP contribution is 2.31. The third-order valence-electron chi connectivity index (χ3n) is 2.81. The highest BCUT2D eigenvalue weighted by atomic mass is 35.5. The first kappa shape index (κ1) is 13.4. The summed E-state index contributed by atoms with van der Waals surface area (Å²) in [6.45, 7) is 4.19. The Balaban J connectivity index is 2.99. The van der Waals surface area contributed by atoms with E-state index >= 15 is 0 Å². The molecule has 90 valence electrons. The molecular formula is C12H18ClFN2. The van der Waals surface area contributed by atoms with E-state index in [1.165, 1.54) is 6.07 Å². The average Bonchev–Trinajstić information content (AvgIpc) is 2.25. The van der Waals surface area contributed by atoms with Gasteiger partial charge in [0.1, 0.15) is 5.82 Å². The summed E-state index contributed by atoms with van der Waals surface area (Å²) in [5.74, 6) is 5.44. The van der Waals surface area contributed by atoms with Crippen molar-refractivity contribution in [1.82, 2.24) is 5.43 Å². The lowest BCUT2D eigenvalue weighted by Gasteiger charge is -2.24. The molecule has 1 aromatic rings. The van der Waals surface area contributed by atoms with E-state index in [0.29, 0.717) is 5.92 Å². The van der Waals surface area contributed by atoms with Gasteiger partial charge in [0.25, 0.3) is 0 Å². The number of rotatable bonds is 5. The number of hydrogen-bond acceptors (Lipinski definition) is 2. The standard InChI is InChI=1S/C12H18ClFN2/c1-3-5-8(2)12(16-15)9-6-4-7-10(14)11(9)13/h4,6-8,12,16H,3,5,15H2,1-2H3. The fourth-order valence-corrected chi connectivity index (χ4v) is 2.19. The molecular weight excluding hydrogens is 227 g/mol. The van der Waals surface area contributed by atoms with E-state index in [-0.39, 0.29) is 11.1 Å². The summed E-state index contributed by atoms with van der Waals surface area (Å²) in [6.07, 6.45) is 2.08. The molecule has 0 aliphatic rings. The summed E-state index contributed by atoms with van der Waals surface area (Å²) >= 11 is 5.94. The van der Waals surface area contributed by atoms with E-state index in [1.807, 2.05) is 6.07 Å². The molecule has 0 aliphatic heterocycles. The second-order valence-electron chi connectivity index (χ2n) is 4.05. The first-order valence-corrected chi connectivity index (χ1v) is 5.89. The van der Waals surface area contributed by atoms with Gasteiger partial charge in [0.15, 0.2) is 0 Å². The predicted molar refractivity (Wildman–Crippen MR) is 65.5 cm³/mol. The van der Waals surface area contributed by atoms with Crippen LogP contribution in [0.1, 0.15) is 38.3 Å². The van der Waals surface area contributed by atoms with Crippen molar-refractivity contribution in [1.29, 1.82) is 0 Å². The van der Waals surface area contributed by atoms with Gasteiger partial charge in [0.2, 0.25) is 0 Å². The Morgan fingerprint density at radius 3 is 2.75 bits per heavy atom. The molecule has 4 heteroatoms. The van der Waals surface area contributed by atoms with Crippen molar-refractivity contribution in [3.63, 3.8) is 0 Å². The van der Waals surface area contributed by atoms with Crippen molar-refractivity contribution in [2.24, 2.45) is 11.8 Å². The molecule has 0 bridgehead atoms. The lowest BCUT2D eigenvalue weighted by Crippen LogP contribution is -2.32. The van der Waals surface area contributed by atoms with Gasteiger partial charge in [-0.2, -0.15) is 0 Å². The number of nitrogens with one attached hydrogen (secondary N) is 1. The first-order valence-electron chi connectivity index (χ1n) is 5.51. The highest BCUT2D eigenvalue weighted by Gasteiger charge is 2.21. The Labute approximate surface area is 101 Å². The zero-order valence-electron chi connectivity index (χ0n) is 9.63. The maximum Gasteiger partial charge on any atom is 0.142 e. The van der Waals surface area contributed by atoms with Crippen LogP contribution in [0.4, 0.5) is 4.39 Å². The van der Waals surface area contributed by atoms with E-state index in [0.717, 1.165) is 18.4 Å². The van der Waals surface area contributed by atoms with Gasteiger partial charge in [0.05, 0.1) is 11.1 Å². The molecule has 0 aromatic heterocycles. The molecule has 2 unspecified atom stereocenters. The molecule has 3 N–H and O–H groups in total. The van der Waals surface area contributed by atoms with Gasteiger partial charge in [-0.15, -0.1) is 0 Å². The van der Waals surface area contributed by atoms with Gasteiger partial charge in [-0.25, -0.2) is 4.39 Å². The first-order chi connectivity index (χ1) is 7.61. The molecule has 2 atom stereocenters. The van der Waals surface area contributed by atoms with Crippen LogP contribution in [-0.2, 0) is 0 Å². The Morgan fingerprint density at radius 2 is 2.19 bits per heavy atom.